The van der Waals surface area contributed by atoms with E-state index in [-0.39, 0.29) is 22.6 Å². The summed E-state index contributed by atoms with van der Waals surface area (Å²) >= 11 is 0. The van der Waals surface area contributed by atoms with Gasteiger partial charge in [-0.3, -0.25) is 0 Å². The first kappa shape index (κ1) is 16.6. The van der Waals surface area contributed by atoms with Gasteiger partial charge < -0.3 is 14.9 Å². The van der Waals surface area contributed by atoms with Crippen molar-refractivity contribution in [1.82, 2.24) is 0 Å². The Kier molecular flexibility index (Phi) is 3.97. The van der Waals surface area contributed by atoms with Gasteiger partial charge in [-0.05, 0) is 35.0 Å². The number of hydrogen-bond donors (Lipinski definition) is 2. The molecular formula is C22H14O5. The summed E-state index contributed by atoms with van der Waals surface area (Å²) in [5.74, 6) is -1.54. The Labute approximate surface area is 154 Å². The lowest BCUT2D eigenvalue weighted by Crippen LogP contribution is -2.13. The van der Waals surface area contributed by atoms with Gasteiger partial charge in [-0.15, -0.1) is 0 Å². The maximum Gasteiger partial charge on any atom is 0.346 e. The number of esters is 2. The lowest BCUT2D eigenvalue weighted by Gasteiger charge is -2.09. The highest BCUT2D eigenvalue weighted by atomic mass is 16.6. The van der Waals surface area contributed by atoms with Crippen molar-refractivity contribution in [3.05, 3.63) is 83.9 Å². The zero-order valence-corrected chi connectivity index (χ0v) is 14.0. The van der Waals surface area contributed by atoms with E-state index in [1.807, 2.05) is 0 Å². The Bertz CT molecular complexity index is 1110. The first-order chi connectivity index (χ1) is 13.1. The average molecular weight is 358 g/mol. The topological polar surface area (TPSA) is 83.8 Å². The van der Waals surface area contributed by atoms with Crippen LogP contribution in [0.3, 0.4) is 0 Å². The zero-order chi connectivity index (χ0) is 19.0. The van der Waals surface area contributed by atoms with Crippen LogP contribution in [0.5, 0.6) is 11.5 Å². The summed E-state index contributed by atoms with van der Waals surface area (Å²) in [6.45, 7) is 0. The number of phenolic OH excluding ortho intramolecular Hbond substituents is 2. The second kappa shape index (κ2) is 6.46. The van der Waals surface area contributed by atoms with E-state index in [0.717, 1.165) is 0 Å². The molecule has 0 heterocycles. The van der Waals surface area contributed by atoms with E-state index < -0.39 is 11.9 Å². The van der Waals surface area contributed by atoms with E-state index in [1.165, 1.54) is 24.3 Å². The third kappa shape index (κ3) is 2.85. The largest absolute Gasteiger partial charge is 0.507 e. The Morgan fingerprint density at radius 1 is 0.556 bits per heavy atom. The van der Waals surface area contributed by atoms with Crippen molar-refractivity contribution in [1.29, 1.82) is 0 Å². The van der Waals surface area contributed by atoms with Gasteiger partial charge in [0, 0.05) is 10.8 Å². The van der Waals surface area contributed by atoms with Crippen molar-refractivity contribution in [2.24, 2.45) is 0 Å². The molecule has 0 spiro atoms. The van der Waals surface area contributed by atoms with Crippen molar-refractivity contribution in [2.75, 3.05) is 0 Å². The van der Waals surface area contributed by atoms with Gasteiger partial charge in [0.1, 0.15) is 11.5 Å². The molecule has 0 atom stereocenters. The summed E-state index contributed by atoms with van der Waals surface area (Å²) in [4.78, 5) is 25.2. The Balaban J connectivity index is 1.72. The van der Waals surface area contributed by atoms with E-state index in [4.69, 9.17) is 4.74 Å². The van der Waals surface area contributed by atoms with Crippen LogP contribution in [0.15, 0.2) is 72.8 Å². The molecule has 4 aromatic rings. The number of aromatic hydroxyl groups is 2. The second-order valence-electron chi connectivity index (χ2n) is 6.03. The third-order valence-corrected chi connectivity index (χ3v) is 4.43. The summed E-state index contributed by atoms with van der Waals surface area (Å²) in [5, 5.41) is 21.9. The van der Waals surface area contributed by atoms with Crippen LogP contribution in [-0.4, -0.2) is 22.2 Å². The van der Waals surface area contributed by atoms with Crippen LogP contribution in [0.2, 0.25) is 0 Å². The maximum absolute atomic E-state index is 12.6. The molecule has 0 aromatic heterocycles. The van der Waals surface area contributed by atoms with E-state index in [2.05, 4.69) is 0 Å². The normalized spacial score (nSPS) is 10.8. The van der Waals surface area contributed by atoms with Crippen LogP contribution in [0, 0.1) is 0 Å². The molecule has 0 amide bonds. The van der Waals surface area contributed by atoms with Crippen molar-refractivity contribution < 1.29 is 24.5 Å². The first-order valence-corrected chi connectivity index (χ1v) is 8.24. The van der Waals surface area contributed by atoms with Crippen molar-refractivity contribution in [3.63, 3.8) is 0 Å². The van der Waals surface area contributed by atoms with Gasteiger partial charge in [0.15, 0.2) is 0 Å². The molecule has 0 bridgehead atoms. The predicted molar refractivity (Wildman–Crippen MR) is 101 cm³/mol. The maximum atomic E-state index is 12.6. The Morgan fingerprint density at radius 3 is 1.33 bits per heavy atom. The highest BCUT2D eigenvalue weighted by Crippen LogP contribution is 2.30. The third-order valence-electron chi connectivity index (χ3n) is 4.43. The van der Waals surface area contributed by atoms with Gasteiger partial charge in [0.25, 0.3) is 0 Å². The molecule has 0 aliphatic carbocycles. The number of carbonyl (C=O) groups is 2. The standard InChI is InChI=1S/C22H14O5/c23-19-11-9-17(13-5-1-3-7-15(13)19)21(25)27-22(26)18-10-12-20(24)16-8-4-2-6-14(16)18/h1-12,23-24H. The van der Waals surface area contributed by atoms with Crippen LogP contribution in [0.4, 0.5) is 0 Å². The number of hydrogen-bond acceptors (Lipinski definition) is 5. The van der Waals surface area contributed by atoms with Crippen molar-refractivity contribution in [3.8, 4) is 11.5 Å². The quantitative estimate of drug-likeness (QED) is 0.410. The minimum Gasteiger partial charge on any atom is -0.507 e. The zero-order valence-electron chi connectivity index (χ0n) is 14.0. The van der Waals surface area contributed by atoms with Crippen LogP contribution >= 0.6 is 0 Å². The fourth-order valence-corrected chi connectivity index (χ4v) is 3.12. The number of fused-ring (bicyclic) bond motifs is 2. The lowest BCUT2D eigenvalue weighted by atomic mass is 10.0. The van der Waals surface area contributed by atoms with Crippen molar-refractivity contribution in [2.45, 2.75) is 0 Å². The minimum atomic E-state index is -0.812. The van der Waals surface area contributed by atoms with E-state index in [9.17, 15) is 19.8 Å². The molecule has 2 N–H and O–H groups in total. The Hall–Kier alpha value is -3.86. The van der Waals surface area contributed by atoms with Gasteiger partial charge in [-0.25, -0.2) is 9.59 Å². The molecule has 132 valence electrons. The highest BCUT2D eigenvalue weighted by molar-refractivity contribution is 6.14. The van der Waals surface area contributed by atoms with Crippen LogP contribution in [0.1, 0.15) is 20.7 Å². The minimum absolute atomic E-state index is 0.0398. The van der Waals surface area contributed by atoms with Crippen LogP contribution in [0.25, 0.3) is 21.5 Å². The molecule has 27 heavy (non-hydrogen) atoms. The molecule has 0 saturated heterocycles. The second-order valence-corrected chi connectivity index (χ2v) is 6.03. The summed E-state index contributed by atoms with van der Waals surface area (Å²) in [6, 6.07) is 19.3. The number of carbonyl (C=O) groups excluding carboxylic acids is 2. The van der Waals surface area contributed by atoms with Gasteiger partial charge >= 0.3 is 11.9 Å². The monoisotopic (exact) mass is 358 g/mol. The molecule has 4 rings (SSSR count). The summed E-state index contributed by atoms with van der Waals surface area (Å²) in [6.07, 6.45) is 0. The molecule has 0 unspecified atom stereocenters. The van der Waals surface area contributed by atoms with Gasteiger partial charge in [0.05, 0.1) is 11.1 Å². The van der Waals surface area contributed by atoms with E-state index in [1.54, 1.807) is 48.5 Å². The molecule has 0 fully saturated rings. The number of phenols is 2. The fraction of sp³-hybridized carbons (Fsp3) is 0. The molecule has 4 aromatic carbocycles. The first-order valence-electron chi connectivity index (χ1n) is 8.24. The molecule has 5 nitrogen and oxygen atoms in total. The molecule has 0 aliphatic rings. The van der Waals surface area contributed by atoms with Crippen molar-refractivity contribution >= 4 is 33.5 Å². The Morgan fingerprint density at radius 2 is 0.926 bits per heavy atom. The average Bonchev–Trinajstić information content (AvgIpc) is 2.69. The highest BCUT2D eigenvalue weighted by Gasteiger charge is 2.20. The molecule has 5 heteroatoms. The van der Waals surface area contributed by atoms with Gasteiger partial charge in [-0.1, -0.05) is 48.5 Å². The summed E-state index contributed by atoms with van der Waals surface area (Å²) < 4.78 is 5.08. The number of ether oxygens (including phenoxy) is 1. The van der Waals surface area contributed by atoms with E-state index in [0.29, 0.717) is 21.5 Å². The summed E-state index contributed by atoms with van der Waals surface area (Å²) in [5.41, 5.74) is 0.361. The lowest BCUT2D eigenvalue weighted by molar-refractivity contribution is 0.0400. The van der Waals surface area contributed by atoms with Gasteiger partial charge in [0.2, 0.25) is 0 Å². The number of benzene rings is 4. The van der Waals surface area contributed by atoms with Gasteiger partial charge in [-0.2, -0.15) is 0 Å². The number of rotatable bonds is 2. The van der Waals surface area contributed by atoms with Crippen LogP contribution in [-0.2, 0) is 4.74 Å². The van der Waals surface area contributed by atoms with Crippen LogP contribution < -0.4 is 0 Å². The summed E-state index contributed by atoms with van der Waals surface area (Å²) in [7, 11) is 0. The SMILES string of the molecule is O=C(OC(=O)c1ccc(O)c2ccccc12)c1ccc(O)c2ccccc12. The molecule has 0 radical (unpaired) electrons. The smallest absolute Gasteiger partial charge is 0.346 e. The predicted octanol–water partition coefficient (Wildman–Crippen LogP) is 4.40. The van der Waals surface area contributed by atoms with E-state index >= 15 is 0 Å². The molecule has 0 aliphatic heterocycles. The molecular weight excluding hydrogens is 344 g/mol. The fourth-order valence-electron chi connectivity index (χ4n) is 3.12. The molecule has 0 saturated carbocycles.